The van der Waals surface area contributed by atoms with Crippen LogP contribution < -0.4 is 15.1 Å². The molecule has 2 aromatic carbocycles. The van der Waals surface area contributed by atoms with E-state index in [9.17, 15) is 4.79 Å². The van der Waals surface area contributed by atoms with E-state index in [2.05, 4.69) is 67.7 Å². The maximum Gasteiger partial charge on any atom is 0.278 e. The number of quaternary nitrogens is 2. The van der Waals surface area contributed by atoms with Crippen molar-refractivity contribution in [3.8, 4) is 0 Å². The fourth-order valence-electron chi connectivity index (χ4n) is 4.27. The number of hydrogen-bond donors (Lipinski definition) is 3. The van der Waals surface area contributed by atoms with E-state index in [0.29, 0.717) is 0 Å². The van der Waals surface area contributed by atoms with Crippen LogP contribution in [0.15, 0.2) is 66.7 Å². The number of rotatable bonds is 9. The van der Waals surface area contributed by atoms with Crippen molar-refractivity contribution >= 4 is 12.0 Å². The van der Waals surface area contributed by atoms with Crippen molar-refractivity contribution in [2.24, 2.45) is 0 Å². The van der Waals surface area contributed by atoms with Gasteiger partial charge in [0.1, 0.15) is 26.2 Å². The molecule has 0 aliphatic carbocycles. The maximum atomic E-state index is 13.0. The monoisotopic (exact) mass is 407 g/mol. The fourth-order valence-corrected chi connectivity index (χ4v) is 4.27. The third kappa shape index (κ3) is 6.54. The van der Waals surface area contributed by atoms with Gasteiger partial charge in [-0.3, -0.25) is 4.79 Å². The average Bonchev–Trinajstić information content (AvgIpc) is 2.80. The molecular formula is C26H37N3O+2. The first-order valence-electron chi connectivity index (χ1n) is 11.4. The van der Waals surface area contributed by atoms with Crippen LogP contribution in [0.25, 0.3) is 6.08 Å². The van der Waals surface area contributed by atoms with E-state index >= 15 is 0 Å². The lowest BCUT2D eigenvalue weighted by Crippen LogP contribution is -3.30. The van der Waals surface area contributed by atoms with Crippen LogP contribution in [0, 0.1) is 0 Å². The molecule has 2 aromatic rings. The summed E-state index contributed by atoms with van der Waals surface area (Å²) in [5.74, 6) is 0.180. The molecule has 4 heteroatoms. The van der Waals surface area contributed by atoms with Crippen molar-refractivity contribution in [2.45, 2.75) is 38.8 Å². The summed E-state index contributed by atoms with van der Waals surface area (Å²) in [6.45, 7) is 9.63. The topological polar surface area (TPSA) is 38.0 Å². The zero-order valence-corrected chi connectivity index (χ0v) is 18.4. The van der Waals surface area contributed by atoms with Crippen LogP contribution in [0.2, 0.25) is 0 Å². The minimum atomic E-state index is -0.00511. The maximum absolute atomic E-state index is 13.0. The minimum absolute atomic E-state index is 0.00511. The van der Waals surface area contributed by atoms with Gasteiger partial charge in [0.2, 0.25) is 0 Å². The van der Waals surface area contributed by atoms with E-state index in [1.54, 1.807) is 4.90 Å². The van der Waals surface area contributed by atoms with Crippen LogP contribution in [0.1, 0.15) is 43.9 Å². The smallest absolute Gasteiger partial charge is 0.278 e. The molecule has 0 unspecified atom stereocenters. The largest absolute Gasteiger partial charge is 0.344 e. The molecule has 1 aliphatic heterocycles. The van der Waals surface area contributed by atoms with Gasteiger partial charge in [-0.15, -0.1) is 0 Å². The summed E-state index contributed by atoms with van der Waals surface area (Å²) in [7, 11) is 0. The first kappa shape index (κ1) is 22.3. The molecule has 160 valence electrons. The predicted octanol–water partition coefficient (Wildman–Crippen LogP) is 1.53. The van der Waals surface area contributed by atoms with E-state index in [0.717, 1.165) is 45.6 Å². The second-order valence-electron chi connectivity index (χ2n) is 8.41. The van der Waals surface area contributed by atoms with Crippen LogP contribution in [-0.2, 0) is 4.79 Å². The van der Waals surface area contributed by atoms with E-state index < -0.39 is 0 Å². The Labute approximate surface area is 181 Å². The Kier molecular flexibility index (Phi) is 8.66. The Bertz CT molecular complexity index is 782. The van der Waals surface area contributed by atoms with Gasteiger partial charge in [0.15, 0.2) is 6.04 Å². The molecule has 1 heterocycles. The Morgan fingerprint density at radius 3 is 2.27 bits per heavy atom. The zero-order chi connectivity index (χ0) is 21.2. The van der Waals surface area contributed by atoms with Crippen molar-refractivity contribution in [1.29, 1.82) is 0 Å². The standard InChI is InChI=1S/C26H35N3O/c1-3-11-25(24-15-8-5-9-16-24)27-26(30)22(2)29-20-18-28(19-21-29)17-10-14-23-12-6-4-7-13-23/h4-10,12-16,22,25H,3,11,17-21H2,1-2H3,(H,27,30)/p+2/b14-10+/t22-,25-/m1/s1. The summed E-state index contributed by atoms with van der Waals surface area (Å²) < 4.78 is 0. The quantitative estimate of drug-likeness (QED) is 0.580. The molecule has 0 aromatic heterocycles. The van der Waals surface area contributed by atoms with Gasteiger partial charge in [0, 0.05) is 0 Å². The van der Waals surface area contributed by atoms with Gasteiger partial charge in [0.25, 0.3) is 5.91 Å². The van der Waals surface area contributed by atoms with Gasteiger partial charge in [-0.05, 0) is 30.5 Å². The van der Waals surface area contributed by atoms with Crippen molar-refractivity contribution in [1.82, 2.24) is 5.32 Å². The molecule has 30 heavy (non-hydrogen) atoms. The highest BCUT2D eigenvalue weighted by Crippen LogP contribution is 2.18. The van der Waals surface area contributed by atoms with Gasteiger partial charge < -0.3 is 15.1 Å². The van der Waals surface area contributed by atoms with Gasteiger partial charge in [-0.25, -0.2) is 0 Å². The van der Waals surface area contributed by atoms with Gasteiger partial charge >= 0.3 is 0 Å². The van der Waals surface area contributed by atoms with Crippen molar-refractivity contribution in [3.63, 3.8) is 0 Å². The van der Waals surface area contributed by atoms with E-state index in [-0.39, 0.29) is 18.0 Å². The second kappa shape index (κ2) is 11.7. The van der Waals surface area contributed by atoms with Crippen molar-refractivity contribution in [3.05, 3.63) is 77.9 Å². The summed E-state index contributed by atoms with van der Waals surface area (Å²) >= 11 is 0. The molecule has 3 rings (SSSR count). The number of benzene rings is 2. The molecule has 0 bridgehead atoms. The lowest BCUT2D eigenvalue weighted by atomic mass is 10.0. The average molecular weight is 408 g/mol. The van der Waals surface area contributed by atoms with Crippen LogP contribution in [0.4, 0.5) is 0 Å². The summed E-state index contributed by atoms with van der Waals surface area (Å²) in [6.07, 6.45) is 6.52. The Balaban J connectivity index is 1.46. The molecule has 2 atom stereocenters. The van der Waals surface area contributed by atoms with Crippen LogP contribution in [-0.4, -0.2) is 44.7 Å². The summed E-state index contributed by atoms with van der Waals surface area (Å²) in [5.41, 5.74) is 2.46. The summed E-state index contributed by atoms with van der Waals surface area (Å²) in [5, 5.41) is 3.32. The number of carbonyl (C=O) groups excluding carboxylic acids is 1. The van der Waals surface area contributed by atoms with Crippen LogP contribution in [0.5, 0.6) is 0 Å². The van der Waals surface area contributed by atoms with Crippen molar-refractivity contribution in [2.75, 3.05) is 32.7 Å². The highest BCUT2D eigenvalue weighted by molar-refractivity contribution is 5.80. The fraction of sp³-hybridized carbons (Fsp3) is 0.423. The highest BCUT2D eigenvalue weighted by Gasteiger charge is 2.31. The Morgan fingerprint density at radius 1 is 1.00 bits per heavy atom. The second-order valence-corrected chi connectivity index (χ2v) is 8.41. The predicted molar refractivity (Wildman–Crippen MR) is 123 cm³/mol. The molecule has 0 radical (unpaired) electrons. The number of hydrogen-bond acceptors (Lipinski definition) is 1. The highest BCUT2D eigenvalue weighted by atomic mass is 16.2. The number of nitrogens with one attached hydrogen (secondary N) is 3. The third-order valence-electron chi connectivity index (χ3n) is 6.22. The summed E-state index contributed by atoms with van der Waals surface area (Å²) in [6, 6.07) is 20.9. The van der Waals surface area contributed by atoms with E-state index in [1.807, 2.05) is 24.3 Å². The Hall–Kier alpha value is -2.43. The molecule has 0 saturated carbocycles. The number of carbonyl (C=O) groups is 1. The molecule has 1 aliphatic rings. The Morgan fingerprint density at radius 2 is 1.63 bits per heavy atom. The van der Waals surface area contributed by atoms with Gasteiger partial charge in [-0.1, -0.05) is 80.1 Å². The van der Waals surface area contributed by atoms with Gasteiger partial charge in [-0.2, -0.15) is 0 Å². The normalized spacial score (nSPS) is 21.3. The molecule has 1 saturated heterocycles. The van der Waals surface area contributed by atoms with Crippen molar-refractivity contribution < 1.29 is 14.6 Å². The van der Waals surface area contributed by atoms with Gasteiger partial charge in [0.05, 0.1) is 12.6 Å². The van der Waals surface area contributed by atoms with Crippen LogP contribution >= 0.6 is 0 Å². The first-order valence-corrected chi connectivity index (χ1v) is 11.4. The lowest BCUT2D eigenvalue weighted by Gasteiger charge is -2.33. The molecule has 3 N–H and O–H groups in total. The van der Waals surface area contributed by atoms with Crippen LogP contribution in [0.3, 0.4) is 0 Å². The minimum Gasteiger partial charge on any atom is -0.344 e. The summed E-state index contributed by atoms with van der Waals surface area (Å²) in [4.78, 5) is 16.0. The zero-order valence-electron chi connectivity index (χ0n) is 18.4. The van der Waals surface area contributed by atoms with E-state index in [1.165, 1.54) is 16.0 Å². The number of piperazine rings is 1. The SMILES string of the molecule is CCC[C@@H](NC(=O)[C@@H](C)[NH+]1CC[NH+](C/C=C/c2ccccc2)CC1)c1ccccc1. The van der Waals surface area contributed by atoms with E-state index in [4.69, 9.17) is 0 Å². The molecular weight excluding hydrogens is 370 g/mol. The molecule has 0 spiro atoms. The molecule has 4 nitrogen and oxygen atoms in total. The number of amides is 1. The molecule has 1 fully saturated rings. The molecule has 1 amide bonds. The third-order valence-corrected chi connectivity index (χ3v) is 6.22. The first-order chi connectivity index (χ1) is 14.7. The lowest BCUT2D eigenvalue weighted by molar-refractivity contribution is -1.02.